The third-order valence-electron chi connectivity index (χ3n) is 3.53. The molecule has 1 heterocycles. The van der Waals surface area contributed by atoms with E-state index in [1.807, 2.05) is 0 Å². The second-order valence-electron chi connectivity index (χ2n) is 5.24. The SMILES string of the molecule is NC(=O)C(OC(=O)c1ccc(-c2ccccc2F)o1)c1ccccc1. The van der Waals surface area contributed by atoms with Gasteiger partial charge in [0, 0.05) is 5.56 Å². The van der Waals surface area contributed by atoms with Gasteiger partial charge < -0.3 is 14.9 Å². The second-order valence-corrected chi connectivity index (χ2v) is 5.24. The topological polar surface area (TPSA) is 82.5 Å². The van der Waals surface area contributed by atoms with E-state index < -0.39 is 23.8 Å². The Bertz CT molecular complexity index is 905. The Labute approximate surface area is 142 Å². The van der Waals surface area contributed by atoms with Gasteiger partial charge in [0.25, 0.3) is 5.91 Å². The third-order valence-corrected chi connectivity index (χ3v) is 3.53. The number of hydrogen-bond acceptors (Lipinski definition) is 4. The Morgan fingerprint density at radius 1 is 0.960 bits per heavy atom. The first-order valence-electron chi connectivity index (χ1n) is 7.46. The highest BCUT2D eigenvalue weighted by molar-refractivity contribution is 5.90. The van der Waals surface area contributed by atoms with Crippen LogP contribution in [-0.2, 0) is 9.53 Å². The van der Waals surface area contributed by atoms with Crippen LogP contribution in [0.3, 0.4) is 0 Å². The van der Waals surface area contributed by atoms with E-state index in [4.69, 9.17) is 14.9 Å². The van der Waals surface area contributed by atoms with Crippen LogP contribution < -0.4 is 5.73 Å². The summed E-state index contributed by atoms with van der Waals surface area (Å²) >= 11 is 0. The molecule has 0 aliphatic carbocycles. The van der Waals surface area contributed by atoms with E-state index in [1.54, 1.807) is 42.5 Å². The van der Waals surface area contributed by atoms with Crippen LogP contribution in [0.25, 0.3) is 11.3 Å². The maximum atomic E-state index is 13.8. The Morgan fingerprint density at radius 2 is 1.64 bits per heavy atom. The zero-order chi connectivity index (χ0) is 17.8. The van der Waals surface area contributed by atoms with E-state index >= 15 is 0 Å². The molecule has 2 aromatic carbocycles. The predicted molar refractivity (Wildman–Crippen MR) is 87.9 cm³/mol. The number of halogens is 1. The van der Waals surface area contributed by atoms with Crippen molar-refractivity contribution in [1.29, 1.82) is 0 Å². The lowest BCUT2D eigenvalue weighted by molar-refractivity contribution is -0.127. The number of benzene rings is 2. The van der Waals surface area contributed by atoms with Gasteiger partial charge in [-0.05, 0) is 24.3 Å². The van der Waals surface area contributed by atoms with Crippen LogP contribution in [-0.4, -0.2) is 11.9 Å². The van der Waals surface area contributed by atoms with E-state index in [0.29, 0.717) is 5.56 Å². The fourth-order valence-electron chi connectivity index (χ4n) is 2.34. The molecule has 2 N–H and O–H groups in total. The van der Waals surface area contributed by atoms with E-state index in [-0.39, 0.29) is 17.1 Å². The van der Waals surface area contributed by atoms with Gasteiger partial charge in [-0.3, -0.25) is 4.79 Å². The van der Waals surface area contributed by atoms with Crippen molar-refractivity contribution in [2.24, 2.45) is 5.73 Å². The van der Waals surface area contributed by atoms with Crippen molar-refractivity contribution >= 4 is 11.9 Å². The molecule has 126 valence electrons. The van der Waals surface area contributed by atoms with Gasteiger partial charge in [0.05, 0.1) is 5.56 Å². The highest BCUT2D eigenvalue weighted by Crippen LogP contribution is 2.26. The first-order valence-corrected chi connectivity index (χ1v) is 7.46. The lowest BCUT2D eigenvalue weighted by atomic mass is 10.1. The molecule has 3 aromatic rings. The molecule has 1 amide bonds. The number of hydrogen-bond donors (Lipinski definition) is 1. The first-order chi connectivity index (χ1) is 12.1. The lowest BCUT2D eigenvalue weighted by Crippen LogP contribution is -2.26. The molecule has 1 unspecified atom stereocenters. The Hall–Kier alpha value is -3.41. The second kappa shape index (κ2) is 7.00. The smallest absolute Gasteiger partial charge is 0.375 e. The van der Waals surface area contributed by atoms with E-state index in [9.17, 15) is 14.0 Å². The van der Waals surface area contributed by atoms with Gasteiger partial charge in [-0.15, -0.1) is 0 Å². The van der Waals surface area contributed by atoms with Crippen molar-refractivity contribution < 1.29 is 23.1 Å². The summed E-state index contributed by atoms with van der Waals surface area (Å²) in [5.74, 6) is -2.12. The predicted octanol–water partition coefficient (Wildman–Crippen LogP) is 3.47. The fraction of sp³-hybridized carbons (Fsp3) is 0.0526. The van der Waals surface area contributed by atoms with E-state index in [1.165, 1.54) is 24.3 Å². The molecule has 5 nitrogen and oxygen atoms in total. The first kappa shape index (κ1) is 16.4. The van der Waals surface area contributed by atoms with Gasteiger partial charge in [-0.2, -0.15) is 0 Å². The van der Waals surface area contributed by atoms with Crippen molar-refractivity contribution in [3.05, 3.63) is 83.9 Å². The molecule has 0 aliphatic heterocycles. The van der Waals surface area contributed by atoms with Gasteiger partial charge in [0.1, 0.15) is 11.6 Å². The summed E-state index contributed by atoms with van der Waals surface area (Å²) in [5, 5.41) is 0. The van der Waals surface area contributed by atoms with Crippen LogP contribution in [0, 0.1) is 5.82 Å². The summed E-state index contributed by atoms with van der Waals surface area (Å²) in [7, 11) is 0. The number of esters is 1. The summed E-state index contributed by atoms with van der Waals surface area (Å²) in [4.78, 5) is 23.8. The molecule has 6 heteroatoms. The number of carbonyl (C=O) groups excluding carboxylic acids is 2. The van der Waals surface area contributed by atoms with Crippen LogP contribution in [0.2, 0.25) is 0 Å². The third kappa shape index (κ3) is 3.58. The zero-order valence-corrected chi connectivity index (χ0v) is 13.0. The summed E-state index contributed by atoms with van der Waals surface area (Å²) < 4.78 is 24.3. The van der Waals surface area contributed by atoms with Crippen molar-refractivity contribution in [3.8, 4) is 11.3 Å². The molecule has 0 fully saturated rings. The van der Waals surface area contributed by atoms with Crippen molar-refractivity contribution in [2.75, 3.05) is 0 Å². The van der Waals surface area contributed by atoms with Crippen LogP contribution in [0.15, 0.2) is 71.1 Å². The maximum Gasteiger partial charge on any atom is 0.375 e. The minimum Gasteiger partial charge on any atom is -0.449 e. The highest BCUT2D eigenvalue weighted by atomic mass is 19.1. The van der Waals surface area contributed by atoms with Crippen LogP contribution in [0.1, 0.15) is 22.2 Å². The van der Waals surface area contributed by atoms with Crippen LogP contribution in [0.5, 0.6) is 0 Å². The number of amides is 1. The molecule has 0 saturated carbocycles. The minimum atomic E-state index is -1.24. The van der Waals surface area contributed by atoms with Gasteiger partial charge >= 0.3 is 5.97 Å². The van der Waals surface area contributed by atoms with Gasteiger partial charge in [0.15, 0.2) is 0 Å². The minimum absolute atomic E-state index is 0.152. The average Bonchev–Trinajstić information content (AvgIpc) is 3.10. The summed E-state index contributed by atoms with van der Waals surface area (Å²) in [6.45, 7) is 0. The summed E-state index contributed by atoms with van der Waals surface area (Å²) in [6, 6.07) is 17.2. The zero-order valence-electron chi connectivity index (χ0n) is 13.0. The molecule has 1 atom stereocenters. The largest absolute Gasteiger partial charge is 0.449 e. The molecule has 0 bridgehead atoms. The highest BCUT2D eigenvalue weighted by Gasteiger charge is 2.25. The van der Waals surface area contributed by atoms with Gasteiger partial charge in [-0.25, -0.2) is 9.18 Å². The molecule has 0 spiro atoms. The van der Waals surface area contributed by atoms with Crippen molar-refractivity contribution in [2.45, 2.75) is 6.10 Å². The number of rotatable bonds is 5. The monoisotopic (exact) mass is 339 g/mol. The van der Waals surface area contributed by atoms with Gasteiger partial charge in [-0.1, -0.05) is 42.5 Å². The van der Waals surface area contributed by atoms with E-state index in [2.05, 4.69) is 0 Å². The normalized spacial score (nSPS) is 11.7. The number of nitrogens with two attached hydrogens (primary N) is 1. The Kier molecular flexibility index (Phi) is 4.61. The Morgan fingerprint density at radius 3 is 2.32 bits per heavy atom. The quantitative estimate of drug-likeness (QED) is 0.722. The van der Waals surface area contributed by atoms with Crippen molar-refractivity contribution in [1.82, 2.24) is 0 Å². The maximum absolute atomic E-state index is 13.8. The molecule has 0 saturated heterocycles. The average molecular weight is 339 g/mol. The molecule has 0 radical (unpaired) electrons. The van der Waals surface area contributed by atoms with Crippen molar-refractivity contribution in [3.63, 3.8) is 0 Å². The molecular formula is C19H14FNO4. The summed E-state index contributed by atoms with van der Waals surface area (Å²) in [6.07, 6.45) is -1.24. The molecule has 1 aromatic heterocycles. The number of furan rings is 1. The number of carbonyl (C=O) groups is 2. The number of ether oxygens (including phenoxy) is 1. The van der Waals surface area contributed by atoms with Gasteiger partial charge in [0.2, 0.25) is 11.9 Å². The molecular weight excluding hydrogens is 325 g/mol. The lowest BCUT2D eigenvalue weighted by Gasteiger charge is -2.14. The molecule has 25 heavy (non-hydrogen) atoms. The molecule has 3 rings (SSSR count). The Balaban J connectivity index is 1.82. The van der Waals surface area contributed by atoms with E-state index in [0.717, 1.165) is 0 Å². The summed E-state index contributed by atoms with van der Waals surface area (Å²) in [5.41, 5.74) is 5.98. The molecule has 0 aliphatic rings. The number of primary amides is 1. The fourth-order valence-corrected chi connectivity index (χ4v) is 2.34. The van der Waals surface area contributed by atoms with Crippen LogP contribution >= 0.6 is 0 Å². The standard InChI is InChI=1S/C19H14FNO4/c20-14-9-5-4-8-13(14)15-10-11-16(24-15)19(23)25-17(18(21)22)12-6-2-1-3-7-12/h1-11,17H,(H2,21,22). The van der Waals surface area contributed by atoms with Crippen LogP contribution in [0.4, 0.5) is 4.39 Å².